The van der Waals surface area contributed by atoms with E-state index >= 15 is 0 Å². The van der Waals surface area contributed by atoms with E-state index in [1.807, 2.05) is 12.1 Å². The van der Waals surface area contributed by atoms with Crippen molar-refractivity contribution in [1.82, 2.24) is 10.7 Å². The average Bonchev–Trinajstić information content (AvgIpc) is 3.05. The fourth-order valence-electron chi connectivity index (χ4n) is 1.75. The van der Waals surface area contributed by atoms with Gasteiger partial charge in [0.2, 0.25) is 5.91 Å². The molecule has 0 saturated heterocycles. The summed E-state index contributed by atoms with van der Waals surface area (Å²) >= 11 is 2.17. The van der Waals surface area contributed by atoms with Crippen molar-refractivity contribution in [2.45, 2.75) is 19.9 Å². The highest BCUT2D eigenvalue weighted by molar-refractivity contribution is 14.1. The fraction of sp³-hybridized carbons (Fsp3) is 0.188. The first-order valence-corrected chi connectivity index (χ1v) is 8.00. The van der Waals surface area contributed by atoms with Gasteiger partial charge in [0.25, 0.3) is 5.91 Å². The molecule has 0 saturated carbocycles. The Kier molecular flexibility index (Phi) is 6.33. The molecule has 0 atom stereocenters. The normalized spacial score (nSPS) is 11.1. The molecular formula is C16H16IN3O3. The maximum atomic E-state index is 11.9. The summed E-state index contributed by atoms with van der Waals surface area (Å²) in [5.74, 6) is 0.183. The van der Waals surface area contributed by atoms with Crippen LogP contribution in [0.15, 0.2) is 52.2 Å². The highest BCUT2D eigenvalue weighted by atomic mass is 127. The molecule has 120 valence electrons. The van der Waals surface area contributed by atoms with E-state index in [1.54, 1.807) is 37.5 Å². The molecule has 2 amide bonds. The van der Waals surface area contributed by atoms with E-state index in [1.165, 1.54) is 0 Å². The number of furan rings is 1. The van der Waals surface area contributed by atoms with E-state index in [4.69, 9.17) is 4.42 Å². The second-order valence-corrected chi connectivity index (χ2v) is 6.07. The van der Waals surface area contributed by atoms with Crippen LogP contribution in [0.5, 0.6) is 0 Å². The topological polar surface area (TPSA) is 83.7 Å². The van der Waals surface area contributed by atoms with Crippen LogP contribution in [-0.4, -0.2) is 17.5 Å². The van der Waals surface area contributed by atoms with Gasteiger partial charge in [0.15, 0.2) is 0 Å². The van der Waals surface area contributed by atoms with Crippen molar-refractivity contribution in [3.63, 3.8) is 0 Å². The molecule has 0 fully saturated rings. The molecule has 1 aromatic carbocycles. The molecule has 0 radical (unpaired) electrons. The summed E-state index contributed by atoms with van der Waals surface area (Å²) in [4.78, 5) is 23.6. The third-order valence-corrected chi connectivity index (χ3v) is 3.63. The third kappa shape index (κ3) is 5.85. The fourth-order valence-corrected chi connectivity index (χ4v) is 2.10. The van der Waals surface area contributed by atoms with Crippen LogP contribution in [0.3, 0.4) is 0 Å². The van der Waals surface area contributed by atoms with E-state index in [0.717, 1.165) is 3.57 Å². The third-order valence-electron chi connectivity index (χ3n) is 2.91. The Morgan fingerprint density at radius 1 is 1.22 bits per heavy atom. The summed E-state index contributed by atoms with van der Waals surface area (Å²) in [7, 11) is 0. The molecule has 23 heavy (non-hydrogen) atoms. The number of hydrazone groups is 1. The second kappa shape index (κ2) is 8.47. The maximum Gasteiger partial charge on any atom is 0.271 e. The van der Waals surface area contributed by atoms with Crippen LogP contribution >= 0.6 is 22.6 Å². The lowest BCUT2D eigenvalue weighted by molar-refractivity contribution is -0.120. The predicted octanol–water partition coefficient (Wildman–Crippen LogP) is 2.70. The zero-order valence-corrected chi connectivity index (χ0v) is 14.7. The number of carbonyl (C=O) groups excluding carboxylic acids is 2. The van der Waals surface area contributed by atoms with Gasteiger partial charge in [-0.05, 0) is 65.9 Å². The quantitative estimate of drug-likeness (QED) is 0.424. The highest BCUT2D eigenvalue weighted by Gasteiger charge is 2.07. The number of carbonyl (C=O) groups is 2. The molecule has 6 nitrogen and oxygen atoms in total. The van der Waals surface area contributed by atoms with E-state index in [-0.39, 0.29) is 18.2 Å². The molecule has 2 aromatic rings. The van der Waals surface area contributed by atoms with Crippen molar-refractivity contribution in [3.05, 3.63) is 57.6 Å². The minimum atomic E-state index is -0.309. The number of nitrogens with zero attached hydrogens (tertiary/aromatic N) is 1. The lowest BCUT2D eigenvalue weighted by Crippen LogP contribution is -2.26. The molecule has 7 heteroatoms. The summed E-state index contributed by atoms with van der Waals surface area (Å²) in [5, 5.41) is 6.65. The van der Waals surface area contributed by atoms with Crippen molar-refractivity contribution >= 4 is 40.1 Å². The molecule has 0 spiro atoms. The minimum Gasteiger partial charge on any atom is -0.467 e. The van der Waals surface area contributed by atoms with Crippen LogP contribution in [0.1, 0.15) is 29.5 Å². The first-order chi connectivity index (χ1) is 11.0. The molecular weight excluding hydrogens is 409 g/mol. The minimum absolute atomic E-state index is 0.105. The molecule has 0 aliphatic carbocycles. The Hall–Kier alpha value is -2.16. The van der Waals surface area contributed by atoms with Gasteiger partial charge in [0, 0.05) is 14.8 Å². The smallest absolute Gasteiger partial charge is 0.271 e. The monoisotopic (exact) mass is 425 g/mol. The number of hydrogen-bond acceptors (Lipinski definition) is 4. The SMILES string of the molecule is C/C(CC(=O)NCc1ccco1)=N/NC(=O)c1ccc(I)cc1. The zero-order valence-electron chi connectivity index (χ0n) is 12.5. The standard InChI is InChI=1S/C16H16IN3O3/c1-11(9-15(21)18-10-14-3-2-8-23-14)19-20-16(22)12-4-6-13(17)7-5-12/h2-8H,9-10H2,1H3,(H,18,21)(H,20,22)/b19-11-. The summed E-state index contributed by atoms with van der Waals surface area (Å²) in [6.45, 7) is 2.01. The van der Waals surface area contributed by atoms with Crippen LogP contribution < -0.4 is 10.7 Å². The Morgan fingerprint density at radius 3 is 2.61 bits per heavy atom. The Labute approximate surface area is 147 Å². The summed E-state index contributed by atoms with van der Waals surface area (Å²) in [5.41, 5.74) is 3.47. The molecule has 0 bridgehead atoms. The molecule has 0 aliphatic heterocycles. The van der Waals surface area contributed by atoms with Gasteiger partial charge in [-0.25, -0.2) is 5.43 Å². The predicted molar refractivity (Wildman–Crippen MR) is 94.9 cm³/mol. The molecule has 1 heterocycles. The number of nitrogens with one attached hydrogen (secondary N) is 2. The summed E-state index contributed by atoms with van der Waals surface area (Å²) in [6.07, 6.45) is 1.65. The van der Waals surface area contributed by atoms with Gasteiger partial charge in [-0.15, -0.1) is 0 Å². The Bertz CT molecular complexity index is 694. The largest absolute Gasteiger partial charge is 0.467 e. The van der Waals surface area contributed by atoms with Crippen LogP contribution in [0.2, 0.25) is 0 Å². The Morgan fingerprint density at radius 2 is 1.96 bits per heavy atom. The lowest BCUT2D eigenvalue weighted by Gasteiger charge is -2.04. The zero-order chi connectivity index (χ0) is 16.7. The molecule has 0 aliphatic rings. The van der Waals surface area contributed by atoms with Crippen LogP contribution in [0.25, 0.3) is 0 Å². The van der Waals surface area contributed by atoms with E-state index in [0.29, 0.717) is 23.6 Å². The molecule has 2 N–H and O–H groups in total. The molecule has 2 rings (SSSR count). The van der Waals surface area contributed by atoms with Gasteiger partial charge in [0.1, 0.15) is 5.76 Å². The lowest BCUT2D eigenvalue weighted by atomic mass is 10.2. The highest BCUT2D eigenvalue weighted by Crippen LogP contribution is 2.06. The summed E-state index contributed by atoms with van der Waals surface area (Å²) in [6, 6.07) is 10.7. The van der Waals surface area contributed by atoms with Gasteiger partial charge < -0.3 is 9.73 Å². The van der Waals surface area contributed by atoms with Crippen LogP contribution in [0, 0.1) is 3.57 Å². The van der Waals surface area contributed by atoms with Gasteiger partial charge in [-0.2, -0.15) is 5.10 Å². The van der Waals surface area contributed by atoms with Gasteiger partial charge in [0.05, 0.1) is 19.2 Å². The first-order valence-electron chi connectivity index (χ1n) is 6.93. The maximum absolute atomic E-state index is 11.9. The van der Waals surface area contributed by atoms with Crippen LogP contribution in [0.4, 0.5) is 0 Å². The van der Waals surface area contributed by atoms with Crippen molar-refractivity contribution in [1.29, 1.82) is 0 Å². The summed E-state index contributed by atoms with van der Waals surface area (Å²) < 4.78 is 6.17. The average molecular weight is 425 g/mol. The van der Waals surface area contributed by atoms with Crippen LogP contribution in [-0.2, 0) is 11.3 Å². The van der Waals surface area contributed by atoms with E-state index in [9.17, 15) is 9.59 Å². The van der Waals surface area contributed by atoms with Crippen molar-refractivity contribution in [2.75, 3.05) is 0 Å². The number of rotatable bonds is 6. The van der Waals surface area contributed by atoms with Crippen molar-refractivity contribution in [2.24, 2.45) is 5.10 Å². The van der Waals surface area contributed by atoms with E-state index in [2.05, 4.69) is 38.4 Å². The van der Waals surface area contributed by atoms with Gasteiger partial charge in [-0.3, -0.25) is 9.59 Å². The van der Waals surface area contributed by atoms with Crippen molar-refractivity contribution < 1.29 is 14.0 Å². The van der Waals surface area contributed by atoms with E-state index < -0.39 is 0 Å². The Balaban J connectivity index is 1.79. The second-order valence-electron chi connectivity index (χ2n) is 4.83. The molecule has 1 aromatic heterocycles. The van der Waals surface area contributed by atoms with Gasteiger partial charge in [-0.1, -0.05) is 0 Å². The number of hydrogen-bond donors (Lipinski definition) is 2. The van der Waals surface area contributed by atoms with Gasteiger partial charge >= 0.3 is 0 Å². The van der Waals surface area contributed by atoms with Crippen molar-refractivity contribution in [3.8, 4) is 0 Å². The number of amides is 2. The number of benzene rings is 1. The first kappa shape index (κ1) is 17.2. The number of halogens is 1. The molecule has 0 unspecified atom stereocenters.